The SMILES string of the molecule is C[C@H](CC(=O)O)[C@H]1CCc2cc(CC(=O)OC(C)(C)C)ccc2O1. The smallest absolute Gasteiger partial charge is 0.310 e. The molecule has 132 valence electrons. The molecule has 0 spiro atoms. The van der Waals surface area contributed by atoms with Crippen LogP contribution in [-0.2, 0) is 27.2 Å². The molecule has 0 fully saturated rings. The molecular formula is C19H26O5. The van der Waals surface area contributed by atoms with Crippen molar-refractivity contribution in [2.24, 2.45) is 5.92 Å². The monoisotopic (exact) mass is 334 g/mol. The van der Waals surface area contributed by atoms with Gasteiger partial charge in [0.05, 0.1) is 12.8 Å². The fraction of sp³-hybridized carbons (Fsp3) is 0.579. The van der Waals surface area contributed by atoms with Gasteiger partial charge in [-0.05, 0) is 50.8 Å². The van der Waals surface area contributed by atoms with Gasteiger partial charge in [-0.3, -0.25) is 9.59 Å². The summed E-state index contributed by atoms with van der Waals surface area (Å²) in [5.74, 6) is -0.287. The lowest BCUT2D eigenvalue weighted by molar-refractivity contribution is -0.154. The number of carbonyl (C=O) groups is 2. The van der Waals surface area contributed by atoms with Crippen LogP contribution < -0.4 is 4.74 Å². The summed E-state index contributed by atoms with van der Waals surface area (Å²) < 4.78 is 11.3. The molecule has 1 N–H and O–H groups in total. The van der Waals surface area contributed by atoms with Gasteiger partial charge in [0.25, 0.3) is 0 Å². The molecule has 1 aliphatic rings. The molecule has 1 heterocycles. The third-order valence-electron chi connectivity index (χ3n) is 4.00. The van der Waals surface area contributed by atoms with Crippen molar-refractivity contribution in [2.75, 3.05) is 0 Å². The van der Waals surface area contributed by atoms with Crippen LogP contribution in [0.15, 0.2) is 18.2 Å². The number of rotatable bonds is 5. The van der Waals surface area contributed by atoms with Crippen LogP contribution in [0, 0.1) is 5.92 Å². The molecule has 1 aromatic rings. The number of benzene rings is 1. The van der Waals surface area contributed by atoms with E-state index in [2.05, 4.69) is 0 Å². The van der Waals surface area contributed by atoms with Crippen LogP contribution in [0.25, 0.3) is 0 Å². The van der Waals surface area contributed by atoms with Crippen molar-refractivity contribution in [3.8, 4) is 5.75 Å². The van der Waals surface area contributed by atoms with E-state index in [4.69, 9.17) is 14.6 Å². The second kappa shape index (κ2) is 7.24. The van der Waals surface area contributed by atoms with Gasteiger partial charge in [-0.1, -0.05) is 19.1 Å². The van der Waals surface area contributed by atoms with Gasteiger partial charge in [0, 0.05) is 5.92 Å². The van der Waals surface area contributed by atoms with Gasteiger partial charge in [-0.15, -0.1) is 0 Å². The first-order valence-corrected chi connectivity index (χ1v) is 8.36. The maximum absolute atomic E-state index is 11.9. The molecular weight excluding hydrogens is 308 g/mol. The normalized spacial score (nSPS) is 18.2. The number of carbonyl (C=O) groups excluding carboxylic acids is 1. The summed E-state index contributed by atoms with van der Waals surface area (Å²) in [6.45, 7) is 7.46. The third kappa shape index (κ3) is 5.25. The van der Waals surface area contributed by atoms with E-state index in [1.54, 1.807) is 0 Å². The molecule has 5 nitrogen and oxygen atoms in total. The molecule has 0 saturated heterocycles. The fourth-order valence-electron chi connectivity index (χ4n) is 2.92. The van der Waals surface area contributed by atoms with Crippen molar-refractivity contribution in [3.63, 3.8) is 0 Å². The second-order valence-corrected chi connectivity index (χ2v) is 7.48. The minimum absolute atomic E-state index is 0.0305. The Bertz CT molecular complexity index is 615. The summed E-state index contributed by atoms with van der Waals surface area (Å²) in [6.07, 6.45) is 1.88. The third-order valence-corrected chi connectivity index (χ3v) is 4.00. The van der Waals surface area contributed by atoms with Crippen LogP contribution in [0.5, 0.6) is 5.75 Å². The molecule has 0 saturated carbocycles. The Morgan fingerprint density at radius 1 is 1.38 bits per heavy atom. The summed E-state index contributed by atoms with van der Waals surface area (Å²) in [6, 6.07) is 5.72. The topological polar surface area (TPSA) is 72.8 Å². The molecule has 0 aromatic heterocycles. The number of carboxylic acids is 1. The minimum atomic E-state index is -0.801. The zero-order valence-corrected chi connectivity index (χ0v) is 14.8. The van der Waals surface area contributed by atoms with Crippen LogP contribution in [0.3, 0.4) is 0 Å². The number of fused-ring (bicyclic) bond motifs is 1. The van der Waals surface area contributed by atoms with Crippen molar-refractivity contribution in [3.05, 3.63) is 29.3 Å². The van der Waals surface area contributed by atoms with Gasteiger partial charge in [0.15, 0.2) is 0 Å². The van der Waals surface area contributed by atoms with E-state index >= 15 is 0 Å². The fourth-order valence-corrected chi connectivity index (χ4v) is 2.92. The average Bonchev–Trinajstić information content (AvgIpc) is 2.43. The van der Waals surface area contributed by atoms with Crippen molar-refractivity contribution in [1.82, 2.24) is 0 Å². The first-order valence-electron chi connectivity index (χ1n) is 8.36. The highest BCUT2D eigenvalue weighted by atomic mass is 16.6. The number of aryl methyl sites for hydroxylation is 1. The van der Waals surface area contributed by atoms with E-state index in [9.17, 15) is 9.59 Å². The van der Waals surface area contributed by atoms with Gasteiger partial charge in [-0.2, -0.15) is 0 Å². The van der Waals surface area contributed by atoms with E-state index in [0.29, 0.717) is 0 Å². The lowest BCUT2D eigenvalue weighted by atomic mass is 9.91. The van der Waals surface area contributed by atoms with E-state index in [0.717, 1.165) is 29.7 Å². The zero-order valence-electron chi connectivity index (χ0n) is 14.8. The summed E-state index contributed by atoms with van der Waals surface area (Å²) in [7, 11) is 0. The van der Waals surface area contributed by atoms with Gasteiger partial charge < -0.3 is 14.6 Å². The van der Waals surface area contributed by atoms with Crippen LogP contribution >= 0.6 is 0 Å². The lowest BCUT2D eigenvalue weighted by Gasteiger charge is -2.30. The summed E-state index contributed by atoms with van der Waals surface area (Å²) in [5.41, 5.74) is 1.49. The van der Waals surface area contributed by atoms with Crippen LogP contribution in [0.2, 0.25) is 0 Å². The van der Waals surface area contributed by atoms with E-state index in [1.807, 2.05) is 45.9 Å². The molecule has 0 bridgehead atoms. The average molecular weight is 334 g/mol. The number of carboxylic acid groups (broad SMARTS) is 1. The Morgan fingerprint density at radius 2 is 2.08 bits per heavy atom. The molecule has 1 aromatic carbocycles. The van der Waals surface area contributed by atoms with Crippen LogP contribution in [-0.4, -0.2) is 28.8 Å². The van der Waals surface area contributed by atoms with Crippen molar-refractivity contribution < 1.29 is 24.2 Å². The van der Waals surface area contributed by atoms with Gasteiger partial charge >= 0.3 is 11.9 Å². The van der Waals surface area contributed by atoms with Gasteiger partial charge in [-0.25, -0.2) is 0 Å². The highest BCUT2D eigenvalue weighted by Crippen LogP contribution is 2.32. The first-order chi connectivity index (χ1) is 11.1. The van der Waals surface area contributed by atoms with Gasteiger partial charge in [0.1, 0.15) is 17.5 Å². The maximum atomic E-state index is 11.9. The molecule has 0 amide bonds. The Kier molecular flexibility index (Phi) is 5.52. The zero-order chi connectivity index (χ0) is 17.9. The number of hydrogen-bond acceptors (Lipinski definition) is 4. The Hall–Kier alpha value is -2.04. The van der Waals surface area contributed by atoms with Crippen molar-refractivity contribution >= 4 is 11.9 Å². The summed E-state index contributed by atoms with van der Waals surface area (Å²) >= 11 is 0. The predicted molar refractivity (Wildman–Crippen MR) is 90.1 cm³/mol. The van der Waals surface area contributed by atoms with Crippen molar-refractivity contribution in [1.29, 1.82) is 0 Å². The second-order valence-electron chi connectivity index (χ2n) is 7.48. The lowest BCUT2D eigenvalue weighted by Crippen LogP contribution is -2.30. The minimum Gasteiger partial charge on any atom is -0.490 e. The number of esters is 1. The highest BCUT2D eigenvalue weighted by molar-refractivity contribution is 5.73. The van der Waals surface area contributed by atoms with Crippen LogP contribution in [0.4, 0.5) is 0 Å². The Balaban J connectivity index is 2.01. The number of ether oxygens (including phenoxy) is 2. The molecule has 1 aliphatic heterocycles. The standard InChI is InChI=1S/C19H26O5/c1-12(9-17(20)21)15-8-6-14-10-13(5-7-16(14)23-15)11-18(22)24-19(2,3)4/h5,7,10,12,15H,6,8-9,11H2,1-4H3,(H,20,21)/t12-,15-/m1/s1. The largest absolute Gasteiger partial charge is 0.490 e. The Morgan fingerprint density at radius 3 is 2.71 bits per heavy atom. The summed E-state index contributed by atoms with van der Waals surface area (Å²) in [5, 5.41) is 8.91. The van der Waals surface area contributed by atoms with Gasteiger partial charge in [0.2, 0.25) is 0 Å². The molecule has 0 aliphatic carbocycles. The quantitative estimate of drug-likeness (QED) is 0.836. The van der Waals surface area contributed by atoms with Crippen LogP contribution in [0.1, 0.15) is 51.7 Å². The molecule has 0 radical (unpaired) electrons. The highest BCUT2D eigenvalue weighted by Gasteiger charge is 2.27. The summed E-state index contributed by atoms with van der Waals surface area (Å²) in [4.78, 5) is 22.8. The Labute approximate surface area is 143 Å². The molecule has 24 heavy (non-hydrogen) atoms. The predicted octanol–water partition coefficient (Wildman–Crippen LogP) is 3.38. The number of aliphatic carboxylic acids is 1. The maximum Gasteiger partial charge on any atom is 0.310 e. The molecule has 5 heteroatoms. The van der Waals surface area contributed by atoms with E-state index in [-0.39, 0.29) is 30.8 Å². The molecule has 2 atom stereocenters. The van der Waals surface area contributed by atoms with Crippen molar-refractivity contribution in [2.45, 2.75) is 65.1 Å². The number of hydrogen-bond donors (Lipinski definition) is 1. The molecule has 2 rings (SSSR count). The molecule has 0 unspecified atom stereocenters. The van der Waals surface area contributed by atoms with E-state index < -0.39 is 11.6 Å². The first kappa shape index (κ1) is 18.3. The van der Waals surface area contributed by atoms with E-state index in [1.165, 1.54) is 0 Å².